The summed E-state index contributed by atoms with van der Waals surface area (Å²) in [5.41, 5.74) is 5.47. The Morgan fingerprint density at radius 2 is 2.07 bits per heavy atom. The molecule has 0 aliphatic heterocycles. The van der Waals surface area contributed by atoms with Crippen molar-refractivity contribution >= 4 is 23.2 Å². The van der Waals surface area contributed by atoms with Crippen molar-refractivity contribution in [1.29, 1.82) is 0 Å². The first-order valence-corrected chi connectivity index (χ1v) is 5.63. The van der Waals surface area contributed by atoms with Gasteiger partial charge in [0.25, 0.3) is 0 Å². The van der Waals surface area contributed by atoms with Crippen LogP contribution in [0.15, 0.2) is 18.2 Å². The topological polar surface area (TPSA) is 46.2 Å². The molecule has 0 aliphatic carbocycles. The Labute approximate surface area is 100.0 Å². The summed E-state index contributed by atoms with van der Waals surface area (Å²) in [7, 11) is 0. The van der Waals surface area contributed by atoms with Gasteiger partial charge < -0.3 is 10.8 Å². The molecule has 0 fully saturated rings. The van der Waals surface area contributed by atoms with Crippen LogP contribution >= 0.6 is 23.2 Å². The first-order chi connectivity index (χ1) is 7.00. The van der Waals surface area contributed by atoms with Gasteiger partial charge in [0.2, 0.25) is 0 Å². The zero-order valence-electron chi connectivity index (χ0n) is 8.63. The molecule has 2 nitrogen and oxygen atoms in total. The fourth-order valence-corrected chi connectivity index (χ4v) is 1.75. The number of halogens is 2. The lowest BCUT2D eigenvalue weighted by molar-refractivity contribution is 0.0456. The van der Waals surface area contributed by atoms with Gasteiger partial charge >= 0.3 is 0 Å². The van der Waals surface area contributed by atoms with E-state index >= 15 is 0 Å². The van der Waals surface area contributed by atoms with E-state index in [1.807, 2.05) is 6.92 Å². The van der Waals surface area contributed by atoms with Crippen molar-refractivity contribution in [1.82, 2.24) is 0 Å². The largest absolute Gasteiger partial charge is 0.388 e. The Morgan fingerprint density at radius 3 is 2.60 bits per heavy atom. The Morgan fingerprint density at radius 1 is 1.40 bits per heavy atom. The Bertz CT molecular complexity index is 337. The summed E-state index contributed by atoms with van der Waals surface area (Å²) in [6.45, 7) is 2.11. The molecule has 3 N–H and O–H groups in total. The monoisotopic (exact) mass is 247 g/mol. The van der Waals surface area contributed by atoms with E-state index in [0.29, 0.717) is 22.9 Å². The molecule has 1 unspecified atom stereocenters. The van der Waals surface area contributed by atoms with Crippen molar-refractivity contribution in [2.45, 2.75) is 25.4 Å². The predicted molar refractivity (Wildman–Crippen MR) is 64.5 cm³/mol. The summed E-state index contributed by atoms with van der Waals surface area (Å²) in [5, 5.41) is 11.3. The smallest absolute Gasteiger partial charge is 0.0807 e. The Balaban J connectivity index is 2.92. The number of aliphatic hydroxyl groups is 1. The van der Waals surface area contributed by atoms with Crippen LogP contribution in [0.2, 0.25) is 10.0 Å². The SMILES string of the molecule is CCC(O)(CN)Cc1cc(Cl)ccc1Cl. The molecule has 0 heterocycles. The van der Waals surface area contributed by atoms with Crippen molar-refractivity contribution in [2.75, 3.05) is 6.54 Å². The molecule has 0 spiro atoms. The van der Waals surface area contributed by atoms with Gasteiger partial charge in [0.15, 0.2) is 0 Å². The molecule has 0 bridgehead atoms. The van der Waals surface area contributed by atoms with E-state index in [9.17, 15) is 5.11 Å². The van der Waals surface area contributed by atoms with Crippen LogP contribution in [0.25, 0.3) is 0 Å². The summed E-state index contributed by atoms with van der Waals surface area (Å²) in [6, 6.07) is 5.22. The number of nitrogens with two attached hydrogens (primary N) is 1. The maximum atomic E-state index is 10.1. The van der Waals surface area contributed by atoms with Crippen LogP contribution < -0.4 is 5.73 Å². The summed E-state index contributed by atoms with van der Waals surface area (Å²) < 4.78 is 0. The Hall–Kier alpha value is -0.280. The number of hydrogen-bond donors (Lipinski definition) is 2. The van der Waals surface area contributed by atoms with E-state index in [4.69, 9.17) is 28.9 Å². The maximum absolute atomic E-state index is 10.1. The molecule has 1 aromatic rings. The average molecular weight is 248 g/mol. The normalized spacial score (nSPS) is 15.0. The minimum atomic E-state index is -0.895. The molecule has 4 heteroatoms. The van der Waals surface area contributed by atoms with E-state index in [-0.39, 0.29) is 6.54 Å². The lowest BCUT2D eigenvalue weighted by Gasteiger charge is -2.25. The Kier molecular flexibility index (Phi) is 4.41. The highest BCUT2D eigenvalue weighted by Gasteiger charge is 2.24. The first-order valence-electron chi connectivity index (χ1n) is 4.87. The second-order valence-corrected chi connectivity index (χ2v) is 4.54. The van der Waals surface area contributed by atoms with E-state index in [1.54, 1.807) is 18.2 Å². The van der Waals surface area contributed by atoms with Crippen molar-refractivity contribution < 1.29 is 5.11 Å². The highest BCUT2D eigenvalue weighted by Crippen LogP contribution is 2.25. The molecular weight excluding hydrogens is 233 g/mol. The minimum absolute atomic E-state index is 0.215. The molecular formula is C11H15Cl2NO. The lowest BCUT2D eigenvalue weighted by atomic mass is 9.92. The molecule has 0 aromatic heterocycles. The van der Waals surface area contributed by atoms with Gasteiger partial charge in [-0.2, -0.15) is 0 Å². The van der Waals surface area contributed by atoms with Crippen LogP contribution in [-0.4, -0.2) is 17.3 Å². The summed E-state index contributed by atoms with van der Waals surface area (Å²) in [5.74, 6) is 0. The lowest BCUT2D eigenvalue weighted by Crippen LogP contribution is -2.39. The van der Waals surface area contributed by atoms with Crippen LogP contribution in [0, 0.1) is 0 Å². The van der Waals surface area contributed by atoms with E-state index < -0.39 is 5.60 Å². The van der Waals surface area contributed by atoms with Gasteiger partial charge in [0.05, 0.1) is 5.60 Å². The molecule has 0 aliphatic rings. The minimum Gasteiger partial charge on any atom is -0.388 e. The van der Waals surface area contributed by atoms with Crippen LogP contribution in [0.5, 0.6) is 0 Å². The van der Waals surface area contributed by atoms with Crippen molar-refractivity contribution in [2.24, 2.45) is 5.73 Å². The second kappa shape index (κ2) is 5.17. The van der Waals surface area contributed by atoms with Gasteiger partial charge in [-0.3, -0.25) is 0 Å². The van der Waals surface area contributed by atoms with E-state index in [2.05, 4.69) is 0 Å². The zero-order chi connectivity index (χ0) is 11.5. The van der Waals surface area contributed by atoms with E-state index in [0.717, 1.165) is 5.56 Å². The van der Waals surface area contributed by atoms with Gasteiger partial charge in [-0.1, -0.05) is 30.1 Å². The van der Waals surface area contributed by atoms with Crippen LogP contribution in [0.1, 0.15) is 18.9 Å². The molecule has 0 amide bonds. The van der Waals surface area contributed by atoms with E-state index in [1.165, 1.54) is 0 Å². The molecule has 84 valence electrons. The fourth-order valence-electron chi connectivity index (χ4n) is 1.37. The molecule has 1 rings (SSSR count). The number of rotatable bonds is 4. The molecule has 15 heavy (non-hydrogen) atoms. The van der Waals surface area contributed by atoms with Crippen molar-refractivity contribution in [3.8, 4) is 0 Å². The van der Waals surface area contributed by atoms with Crippen molar-refractivity contribution in [3.63, 3.8) is 0 Å². The van der Waals surface area contributed by atoms with Gasteiger partial charge in [-0.25, -0.2) is 0 Å². The molecule has 0 saturated carbocycles. The maximum Gasteiger partial charge on any atom is 0.0807 e. The van der Waals surface area contributed by atoms with Crippen LogP contribution in [0.3, 0.4) is 0 Å². The molecule has 1 aromatic carbocycles. The first kappa shape index (κ1) is 12.8. The molecule has 0 saturated heterocycles. The summed E-state index contributed by atoms with van der Waals surface area (Å²) in [4.78, 5) is 0. The third-order valence-corrected chi connectivity index (χ3v) is 3.17. The summed E-state index contributed by atoms with van der Waals surface area (Å²) >= 11 is 11.9. The highest BCUT2D eigenvalue weighted by atomic mass is 35.5. The second-order valence-electron chi connectivity index (χ2n) is 3.69. The zero-order valence-corrected chi connectivity index (χ0v) is 10.1. The summed E-state index contributed by atoms with van der Waals surface area (Å²) in [6.07, 6.45) is 1.02. The van der Waals surface area contributed by atoms with Gasteiger partial charge in [-0.15, -0.1) is 0 Å². The van der Waals surface area contributed by atoms with Crippen LogP contribution in [0.4, 0.5) is 0 Å². The third-order valence-electron chi connectivity index (χ3n) is 2.57. The van der Waals surface area contributed by atoms with Gasteiger partial charge in [0, 0.05) is 23.0 Å². The number of benzene rings is 1. The third kappa shape index (κ3) is 3.35. The fraction of sp³-hybridized carbons (Fsp3) is 0.455. The number of hydrogen-bond acceptors (Lipinski definition) is 2. The quantitative estimate of drug-likeness (QED) is 0.860. The van der Waals surface area contributed by atoms with Crippen molar-refractivity contribution in [3.05, 3.63) is 33.8 Å². The highest BCUT2D eigenvalue weighted by molar-refractivity contribution is 6.33. The van der Waals surface area contributed by atoms with Gasteiger partial charge in [0.1, 0.15) is 0 Å². The predicted octanol–water partition coefficient (Wildman–Crippen LogP) is 2.64. The molecule has 0 radical (unpaired) electrons. The molecule has 1 atom stereocenters. The standard InChI is InChI=1S/C11H15Cl2NO/c1-2-11(15,7-14)6-8-5-9(12)3-4-10(8)13/h3-5,15H,2,6-7,14H2,1H3. The van der Waals surface area contributed by atoms with Crippen LogP contribution in [-0.2, 0) is 6.42 Å². The average Bonchev–Trinajstić information content (AvgIpc) is 2.23. The van der Waals surface area contributed by atoms with Gasteiger partial charge in [-0.05, 0) is 30.2 Å².